The summed E-state index contributed by atoms with van der Waals surface area (Å²) in [6.45, 7) is 4.69. The zero-order valence-corrected chi connectivity index (χ0v) is 13.0. The average Bonchev–Trinajstić information content (AvgIpc) is 2.95. The van der Waals surface area contributed by atoms with E-state index in [0.717, 1.165) is 43.3 Å². The summed E-state index contributed by atoms with van der Waals surface area (Å²) in [5.41, 5.74) is 1.96. The summed E-state index contributed by atoms with van der Waals surface area (Å²) < 4.78 is 5.27. The predicted octanol–water partition coefficient (Wildman–Crippen LogP) is 2.08. The first-order valence-corrected chi connectivity index (χ1v) is 7.57. The Balaban J connectivity index is 1.68. The van der Waals surface area contributed by atoms with Crippen molar-refractivity contribution in [2.75, 3.05) is 20.2 Å². The molecule has 1 unspecified atom stereocenters. The summed E-state index contributed by atoms with van der Waals surface area (Å²) in [6, 6.07) is 9.69. The first kappa shape index (κ1) is 14.8. The van der Waals surface area contributed by atoms with E-state index in [0.29, 0.717) is 5.92 Å². The number of aromatic nitrogens is 2. The van der Waals surface area contributed by atoms with Gasteiger partial charge in [-0.2, -0.15) is 0 Å². The van der Waals surface area contributed by atoms with Crippen LogP contribution in [0.25, 0.3) is 0 Å². The van der Waals surface area contributed by atoms with Gasteiger partial charge in [0, 0.05) is 30.8 Å². The van der Waals surface area contributed by atoms with Crippen LogP contribution in [0.4, 0.5) is 0 Å². The quantitative estimate of drug-likeness (QED) is 0.939. The first-order valence-electron chi connectivity index (χ1n) is 7.57. The number of aromatic amines is 1. The molecule has 1 aliphatic heterocycles. The van der Waals surface area contributed by atoms with Crippen LogP contribution in [0.1, 0.15) is 29.4 Å². The van der Waals surface area contributed by atoms with E-state index in [1.165, 1.54) is 11.6 Å². The number of nitrogens with one attached hydrogen (secondary N) is 1. The summed E-state index contributed by atoms with van der Waals surface area (Å²) in [7, 11) is 1.69. The Morgan fingerprint density at radius 2 is 2.27 bits per heavy atom. The molecule has 0 amide bonds. The number of aryl methyl sites for hydroxylation is 1. The second kappa shape index (κ2) is 6.32. The summed E-state index contributed by atoms with van der Waals surface area (Å²) in [6.07, 6.45) is 1.02. The number of benzene rings is 1. The summed E-state index contributed by atoms with van der Waals surface area (Å²) >= 11 is 0. The highest BCUT2D eigenvalue weighted by molar-refractivity contribution is 5.28. The van der Waals surface area contributed by atoms with E-state index in [4.69, 9.17) is 4.74 Å². The van der Waals surface area contributed by atoms with Gasteiger partial charge in [0.15, 0.2) is 0 Å². The highest BCUT2D eigenvalue weighted by Crippen LogP contribution is 2.26. The van der Waals surface area contributed by atoms with E-state index in [1.54, 1.807) is 7.11 Å². The molecule has 0 aliphatic carbocycles. The van der Waals surface area contributed by atoms with Gasteiger partial charge in [0.25, 0.3) is 5.56 Å². The molecular formula is C17H21N3O2. The molecule has 5 nitrogen and oxygen atoms in total. The van der Waals surface area contributed by atoms with Crippen LogP contribution in [0.5, 0.6) is 5.75 Å². The topological polar surface area (TPSA) is 58.2 Å². The van der Waals surface area contributed by atoms with E-state index in [1.807, 2.05) is 19.1 Å². The standard InChI is InChI=1S/C17H21N3O2/c1-12-8-16(21)19-17(18-12)14-6-7-20(11-14)10-13-4-3-5-15(9-13)22-2/h3-5,8-9,14H,6-7,10-11H2,1-2H3,(H,18,19,21). The zero-order chi connectivity index (χ0) is 15.5. The molecular weight excluding hydrogens is 278 g/mol. The second-order valence-corrected chi connectivity index (χ2v) is 5.84. The number of H-pyrrole nitrogens is 1. The maximum absolute atomic E-state index is 11.6. The molecule has 1 N–H and O–H groups in total. The number of methoxy groups -OCH3 is 1. The minimum absolute atomic E-state index is 0.0613. The molecule has 1 saturated heterocycles. The van der Waals surface area contributed by atoms with Gasteiger partial charge in [0.2, 0.25) is 0 Å². The largest absolute Gasteiger partial charge is 0.497 e. The Morgan fingerprint density at radius 3 is 3.05 bits per heavy atom. The molecule has 1 fully saturated rings. The molecule has 1 aliphatic rings. The minimum atomic E-state index is -0.0613. The molecule has 0 saturated carbocycles. The van der Waals surface area contributed by atoms with E-state index < -0.39 is 0 Å². The Bertz CT molecular complexity index is 711. The SMILES string of the molecule is COc1cccc(CN2CCC(c3nc(C)cc(=O)[nH]3)C2)c1. The Hall–Kier alpha value is -2.14. The molecule has 5 heteroatoms. The van der Waals surface area contributed by atoms with E-state index >= 15 is 0 Å². The maximum atomic E-state index is 11.6. The van der Waals surface area contributed by atoms with Crippen LogP contribution in [0.2, 0.25) is 0 Å². The third-order valence-electron chi connectivity index (χ3n) is 4.09. The van der Waals surface area contributed by atoms with Gasteiger partial charge in [-0.05, 0) is 37.6 Å². The number of hydrogen-bond donors (Lipinski definition) is 1. The molecule has 0 bridgehead atoms. The number of rotatable bonds is 4. The van der Waals surface area contributed by atoms with Crippen LogP contribution in [-0.4, -0.2) is 35.1 Å². The molecule has 22 heavy (non-hydrogen) atoms. The third kappa shape index (κ3) is 3.36. The summed E-state index contributed by atoms with van der Waals surface area (Å²) in [4.78, 5) is 21.3. The third-order valence-corrected chi connectivity index (χ3v) is 4.09. The van der Waals surface area contributed by atoms with Gasteiger partial charge in [0.1, 0.15) is 11.6 Å². The van der Waals surface area contributed by atoms with Crippen molar-refractivity contribution < 1.29 is 4.74 Å². The van der Waals surface area contributed by atoms with E-state index in [9.17, 15) is 4.79 Å². The fourth-order valence-electron chi connectivity index (χ4n) is 3.02. The van der Waals surface area contributed by atoms with Crippen molar-refractivity contribution in [2.24, 2.45) is 0 Å². The lowest BCUT2D eigenvalue weighted by molar-refractivity contribution is 0.324. The molecule has 2 heterocycles. The summed E-state index contributed by atoms with van der Waals surface area (Å²) in [5, 5.41) is 0. The zero-order valence-electron chi connectivity index (χ0n) is 13.0. The highest BCUT2D eigenvalue weighted by atomic mass is 16.5. The maximum Gasteiger partial charge on any atom is 0.251 e. The molecule has 1 aromatic carbocycles. The summed E-state index contributed by atoms with van der Waals surface area (Å²) in [5.74, 6) is 2.01. The molecule has 2 aromatic rings. The fourth-order valence-corrected chi connectivity index (χ4v) is 3.02. The van der Waals surface area contributed by atoms with Crippen molar-refractivity contribution in [2.45, 2.75) is 25.8 Å². The predicted molar refractivity (Wildman–Crippen MR) is 85.2 cm³/mol. The van der Waals surface area contributed by atoms with Crippen LogP contribution in [0, 0.1) is 6.92 Å². The van der Waals surface area contributed by atoms with Gasteiger partial charge in [-0.1, -0.05) is 12.1 Å². The lowest BCUT2D eigenvalue weighted by Crippen LogP contribution is -2.21. The van der Waals surface area contributed by atoms with Gasteiger partial charge >= 0.3 is 0 Å². The van der Waals surface area contributed by atoms with E-state index in [-0.39, 0.29) is 5.56 Å². The lowest BCUT2D eigenvalue weighted by atomic mass is 10.1. The Kier molecular flexibility index (Phi) is 4.24. The average molecular weight is 299 g/mol. The monoisotopic (exact) mass is 299 g/mol. The molecule has 0 radical (unpaired) electrons. The minimum Gasteiger partial charge on any atom is -0.497 e. The van der Waals surface area contributed by atoms with Gasteiger partial charge in [-0.3, -0.25) is 9.69 Å². The van der Waals surface area contributed by atoms with Crippen LogP contribution in [-0.2, 0) is 6.54 Å². The molecule has 1 aromatic heterocycles. The van der Waals surface area contributed by atoms with Crippen LogP contribution in [0.15, 0.2) is 35.1 Å². The number of ether oxygens (including phenoxy) is 1. The van der Waals surface area contributed by atoms with Crippen LogP contribution >= 0.6 is 0 Å². The Morgan fingerprint density at radius 1 is 1.41 bits per heavy atom. The van der Waals surface area contributed by atoms with Crippen molar-refractivity contribution in [3.05, 3.63) is 57.8 Å². The molecule has 3 rings (SSSR count). The van der Waals surface area contributed by atoms with Crippen molar-refractivity contribution >= 4 is 0 Å². The van der Waals surface area contributed by atoms with Crippen LogP contribution in [0.3, 0.4) is 0 Å². The van der Waals surface area contributed by atoms with Gasteiger partial charge in [-0.25, -0.2) is 4.98 Å². The molecule has 116 valence electrons. The van der Waals surface area contributed by atoms with Gasteiger partial charge in [0.05, 0.1) is 7.11 Å². The van der Waals surface area contributed by atoms with Crippen molar-refractivity contribution in [1.82, 2.24) is 14.9 Å². The number of likely N-dealkylation sites (tertiary alicyclic amines) is 1. The van der Waals surface area contributed by atoms with Gasteiger partial charge < -0.3 is 9.72 Å². The normalized spacial score (nSPS) is 18.5. The lowest BCUT2D eigenvalue weighted by Gasteiger charge is -2.16. The smallest absolute Gasteiger partial charge is 0.251 e. The molecule has 0 spiro atoms. The van der Waals surface area contributed by atoms with Crippen molar-refractivity contribution in [3.63, 3.8) is 0 Å². The van der Waals surface area contributed by atoms with Crippen LogP contribution < -0.4 is 10.3 Å². The first-order chi connectivity index (χ1) is 10.6. The number of hydrogen-bond acceptors (Lipinski definition) is 4. The Labute approximate surface area is 130 Å². The highest BCUT2D eigenvalue weighted by Gasteiger charge is 2.25. The van der Waals surface area contributed by atoms with E-state index in [2.05, 4.69) is 27.0 Å². The fraction of sp³-hybridized carbons (Fsp3) is 0.412. The number of nitrogens with zero attached hydrogens (tertiary/aromatic N) is 2. The van der Waals surface area contributed by atoms with Crippen molar-refractivity contribution in [1.29, 1.82) is 0 Å². The van der Waals surface area contributed by atoms with Gasteiger partial charge in [-0.15, -0.1) is 0 Å². The van der Waals surface area contributed by atoms with Crippen molar-refractivity contribution in [3.8, 4) is 5.75 Å². The second-order valence-electron chi connectivity index (χ2n) is 5.84. The molecule has 1 atom stereocenters.